The number of allylic oxidation sites excluding steroid dienone is 1. The number of hydrogen-bond donors (Lipinski definition) is 0. The van der Waals surface area contributed by atoms with E-state index in [2.05, 4.69) is 0 Å². The van der Waals surface area contributed by atoms with Gasteiger partial charge in [0.1, 0.15) is 16.9 Å². The summed E-state index contributed by atoms with van der Waals surface area (Å²) in [5, 5.41) is 0.615. The maximum absolute atomic E-state index is 13.0. The molecule has 1 aromatic heterocycles. The molecule has 170 valence electrons. The molecule has 32 heavy (non-hydrogen) atoms. The highest BCUT2D eigenvalue weighted by Crippen LogP contribution is 2.47. The van der Waals surface area contributed by atoms with E-state index >= 15 is 0 Å². The van der Waals surface area contributed by atoms with Crippen molar-refractivity contribution >= 4 is 22.9 Å². The Bertz CT molecular complexity index is 1190. The van der Waals surface area contributed by atoms with Crippen LogP contribution in [0.2, 0.25) is 0 Å². The van der Waals surface area contributed by atoms with E-state index in [-0.39, 0.29) is 6.10 Å². The molecule has 0 unspecified atom stereocenters. The number of carbonyl (C=O) groups excluding carboxylic acids is 2. The van der Waals surface area contributed by atoms with Crippen molar-refractivity contribution in [2.24, 2.45) is 0 Å². The molecule has 3 heterocycles. The molecule has 2 aromatic rings. The molecule has 8 heteroatoms. The lowest BCUT2D eigenvalue weighted by molar-refractivity contribution is -0.190. The molecule has 2 aliphatic heterocycles. The quantitative estimate of drug-likeness (QED) is 0.306. The number of carbonyl (C=O) groups is 2. The molecule has 0 aliphatic carbocycles. The fourth-order valence-corrected chi connectivity index (χ4v) is 3.73. The van der Waals surface area contributed by atoms with Crippen molar-refractivity contribution in [1.82, 2.24) is 0 Å². The van der Waals surface area contributed by atoms with Gasteiger partial charge in [-0.15, -0.1) is 0 Å². The number of epoxide rings is 1. The summed E-state index contributed by atoms with van der Waals surface area (Å²) in [5.74, 6) is -0.713. The Morgan fingerprint density at radius 2 is 1.81 bits per heavy atom. The molecule has 0 spiro atoms. The predicted molar refractivity (Wildman–Crippen MR) is 114 cm³/mol. The van der Waals surface area contributed by atoms with Crippen molar-refractivity contribution in [3.63, 3.8) is 0 Å². The van der Waals surface area contributed by atoms with Gasteiger partial charge in [0.05, 0.1) is 6.10 Å². The van der Waals surface area contributed by atoms with E-state index < -0.39 is 41.0 Å². The summed E-state index contributed by atoms with van der Waals surface area (Å²) < 4.78 is 28.6. The van der Waals surface area contributed by atoms with Crippen LogP contribution in [-0.4, -0.2) is 35.3 Å². The van der Waals surface area contributed by atoms with Crippen molar-refractivity contribution in [3.05, 3.63) is 51.9 Å². The van der Waals surface area contributed by atoms with Gasteiger partial charge in [0, 0.05) is 28.7 Å². The number of hydrogen-bond acceptors (Lipinski definition) is 8. The van der Waals surface area contributed by atoms with Gasteiger partial charge in [0.25, 0.3) is 0 Å². The lowest BCUT2D eigenvalue weighted by Crippen LogP contribution is -2.52. The minimum atomic E-state index is -1.06. The first kappa shape index (κ1) is 22.1. The minimum Gasteiger partial charge on any atom is -0.483 e. The Kier molecular flexibility index (Phi) is 5.16. The van der Waals surface area contributed by atoms with Crippen molar-refractivity contribution in [2.75, 3.05) is 0 Å². The van der Waals surface area contributed by atoms with E-state index in [4.69, 9.17) is 23.4 Å². The number of ether oxygens (including phenoxy) is 4. The molecule has 1 fully saturated rings. The van der Waals surface area contributed by atoms with E-state index in [0.29, 0.717) is 27.9 Å². The number of fused-ring (bicyclic) bond motifs is 2. The van der Waals surface area contributed by atoms with Crippen LogP contribution in [0.4, 0.5) is 0 Å². The molecule has 0 radical (unpaired) electrons. The van der Waals surface area contributed by atoms with Crippen LogP contribution in [0.3, 0.4) is 0 Å². The molecule has 8 nitrogen and oxygen atoms in total. The van der Waals surface area contributed by atoms with Gasteiger partial charge in [-0.05, 0) is 53.7 Å². The van der Waals surface area contributed by atoms with Gasteiger partial charge in [-0.3, -0.25) is 0 Å². The van der Waals surface area contributed by atoms with Crippen molar-refractivity contribution in [3.8, 4) is 5.75 Å². The topological polar surface area (TPSA) is 105 Å². The fourth-order valence-electron chi connectivity index (χ4n) is 3.73. The lowest BCUT2D eigenvalue weighted by Gasteiger charge is -2.43. The third-order valence-electron chi connectivity index (χ3n) is 6.16. The molecule has 4 atom stereocenters. The maximum atomic E-state index is 13.0. The standard InChI is InChI=1S/C24H26O8/c1-7-12(2)21(26)30-20-19(29-22(27)24(6)13(3)31-24)15-10-14-8-9-18(25)28-16(14)11-17(15)32-23(20,4)5/h7-11,13,19-20H,1-6H3/t13-,19+,20+,24+/m0/s1. The van der Waals surface area contributed by atoms with Crippen molar-refractivity contribution < 1.29 is 33.0 Å². The first-order valence-electron chi connectivity index (χ1n) is 10.5. The molecule has 4 rings (SSSR count). The summed E-state index contributed by atoms with van der Waals surface area (Å²) in [6.45, 7) is 10.3. The molecule has 0 N–H and O–H groups in total. The van der Waals surface area contributed by atoms with Crippen LogP contribution in [0.25, 0.3) is 11.0 Å². The summed E-state index contributed by atoms with van der Waals surface area (Å²) in [6.07, 6.45) is -0.532. The highest BCUT2D eigenvalue weighted by Gasteiger charge is 2.59. The summed E-state index contributed by atoms with van der Waals surface area (Å²) in [6, 6.07) is 6.21. The van der Waals surface area contributed by atoms with Crippen molar-refractivity contribution in [2.45, 2.75) is 71.1 Å². The van der Waals surface area contributed by atoms with E-state index in [1.165, 1.54) is 6.07 Å². The normalized spacial score (nSPS) is 28.4. The summed E-state index contributed by atoms with van der Waals surface area (Å²) >= 11 is 0. The first-order valence-corrected chi connectivity index (χ1v) is 10.5. The summed E-state index contributed by atoms with van der Waals surface area (Å²) in [7, 11) is 0. The zero-order chi connectivity index (χ0) is 23.4. The minimum absolute atomic E-state index is 0.278. The molecule has 1 saturated heterocycles. The van der Waals surface area contributed by atoms with E-state index in [0.717, 1.165) is 0 Å². The Morgan fingerprint density at radius 3 is 2.44 bits per heavy atom. The monoisotopic (exact) mass is 442 g/mol. The molecule has 0 amide bonds. The number of rotatable bonds is 4. The summed E-state index contributed by atoms with van der Waals surface area (Å²) in [4.78, 5) is 37.2. The van der Waals surface area contributed by atoms with E-state index in [1.54, 1.807) is 65.8 Å². The molecular formula is C24H26O8. The average molecular weight is 442 g/mol. The Balaban J connectivity index is 1.82. The number of benzene rings is 1. The van der Waals surface area contributed by atoms with Gasteiger partial charge in [-0.25, -0.2) is 14.4 Å². The largest absolute Gasteiger partial charge is 0.483 e. The highest BCUT2D eigenvalue weighted by atomic mass is 16.7. The molecular weight excluding hydrogens is 416 g/mol. The molecule has 1 aromatic carbocycles. The van der Waals surface area contributed by atoms with Gasteiger partial charge in [-0.1, -0.05) is 6.08 Å². The van der Waals surface area contributed by atoms with Gasteiger partial charge < -0.3 is 23.4 Å². The Morgan fingerprint density at radius 1 is 1.12 bits per heavy atom. The van der Waals surface area contributed by atoms with Gasteiger partial charge in [-0.2, -0.15) is 0 Å². The highest BCUT2D eigenvalue weighted by molar-refractivity contribution is 5.88. The van der Waals surface area contributed by atoms with Crippen molar-refractivity contribution in [1.29, 1.82) is 0 Å². The van der Waals surface area contributed by atoms with Crippen LogP contribution < -0.4 is 10.4 Å². The molecule has 0 saturated carbocycles. The second-order valence-corrected chi connectivity index (χ2v) is 8.88. The van der Waals surface area contributed by atoms with Crippen LogP contribution in [0, 0.1) is 0 Å². The third kappa shape index (κ3) is 3.68. The Labute approximate surface area is 185 Å². The SMILES string of the molecule is CC=C(C)C(=O)O[C@@H]1[C@H](OC(=O)[C@]2(C)O[C@H]2C)c2cc3ccc(=O)oc3cc2OC1(C)C. The fraction of sp³-hybridized carbons (Fsp3) is 0.458. The zero-order valence-corrected chi connectivity index (χ0v) is 18.9. The van der Waals surface area contributed by atoms with Gasteiger partial charge >= 0.3 is 17.6 Å². The Hall–Kier alpha value is -3.13. The maximum Gasteiger partial charge on any atom is 0.341 e. The van der Waals surface area contributed by atoms with Gasteiger partial charge in [0.15, 0.2) is 17.8 Å². The second-order valence-electron chi connectivity index (χ2n) is 8.88. The van der Waals surface area contributed by atoms with Crippen LogP contribution in [0.1, 0.15) is 53.2 Å². The number of esters is 2. The smallest absolute Gasteiger partial charge is 0.341 e. The average Bonchev–Trinajstić information content (AvgIpc) is 3.35. The first-order chi connectivity index (χ1) is 15.0. The van der Waals surface area contributed by atoms with Crippen LogP contribution in [0.5, 0.6) is 5.75 Å². The second kappa shape index (κ2) is 7.48. The van der Waals surface area contributed by atoms with Crippen LogP contribution >= 0.6 is 0 Å². The molecule has 0 bridgehead atoms. The van der Waals surface area contributed by atoms with Crippen LogP contribution in [0.15, 0.2) is 45.1 Å². The predicted octanol–water partition coefficient (Wildman–Crippen LogP) is 3.60. The zero-order valence-electron chi connectivity index (χ0n) is 18.9. The lowest BCUT2D eigenvalue weighted by atomic mass is 9.87. The van der Waals surface area contributed by atoms with E-state index in [1.807, 2.05) is 0 Å². The molecule has 2 aliphatic rings. The summed E-state index contributed by atoms with van der Waals surface area (Å²) in [5.41, 5.74) is -1.34. The van der Waals surface area contributed by atoms with E-state index in [9.17, 15) is 14.4 Å². The third-order valence-corrected chi connectivity index (χ3v) is 6.16. The van der Waals surface area contributed by atoms with Gasteiger partial charge in [0.2, 0.25) is 0 Å². The van der Waals surface area contributed by atoms with Crippen LogP contribution in [-0.2, 0) is 23.8 Å².